The number of ether oxygens (including phenoxy) is 1. The molecule has 0 spiro atoms. The predicted molar refractivity (Wildman–Crippen MR) is 165 cm³/mol. The van der Waals surface area contributed by atoms with E-state index < -0.39 is 11.6 Å². The maximum absolute atomic E-state index is 13.0. The summed E-state index contributed by atoms with van der Waals surface area (Å²) in [6, 6.07) is 16.3. The van der Waals surface area contributed by atoms with Crippen molar-refractivity contribution >= 4 is 34.4 Å². The van der Waals surface area contributed by atoms with E-state index in [1.54, 1.807) is 31.2 Å². The lowest BCUT2D eigenvalue weighted by Crippen LogP contribution is -2.34. The fraction of sp³-hybridized carbons (Fsp3) is 0.286. The molecule has 1 N–H and O–H groups in total. The van der Waals surface area contributed by atoms with Crippen molar-refractivity contribution in [1.82, 2.24) is 0 Å². The van der Waals surface area contributed by atoms with Crippen LogP contribution in [0.25, 0.3) is 17.0 Å². The zero-order chi connectivity index (χ0) is 30.2. The summed E-state index contributed by atoms with van der Waals surface area (Å²) in [5.74, 6) is -0.0753. The lowest BCUT2D eigenvalue weighted by Gasteiger charge is -2.40. The van der Waals surface area contributed by atoms with E-state index in [0.29, 0.717) is 28.6 Å². The predicted octanol–water partition coefficient (Wildman–Crippen LogP) is 7.86. The third kappa shape index (κ3) is 5.53. The molecular weight excluding hydrogens is 528 g/mol. The summed E-state index contributed by atoms with van der Waals surface area (Å²) in [4.78, 5) is 26.8. The summed E-state index contributed by atoms with van der Waals surface area (Å²) in [7, 11) is 0. The maximum atomic E-state index is 13.0. The summed E-state index contributed by atoms with van der Waals surface area (Å²) in [6.07, 6.45) is 8.16. The molecule has 1 atom stereocenters. The molecule has 1 aromatic heterocycles. The standard InChI is InChI=1S/C35H34N2O5/c1-6-21(2)23-7-10-27(11-8-23)37-14-13-35(4,5)30-18-26-16-24(34(40)42-32(26)19-31(30)37)9-12-28-17-25(15-22(3)41-28)29(20-36)33(38)39/h7-12,15-19,21H,6,13-14H2,1-5H3,(H,38,39)/b12-9+,29-25+. The van der Waals surface area contributed by atoms with Gasteiger partial charge in [-0.2, -0.15) is 5.26 Å². The van der Waals surface area contributed by atoms with E-state index in [2.05, 4.69) is 62.9 Å². The highest BCUT2D eigenvalue weighted by molar-refractivity contribution is 5.93. The first-order valence-corrected chi connectivity index (χ1v) is 14.1. The number of hydrogen-bond acceptors (Lipinski definition) is 6. The van der Waals surface area contributed by atoms with Crippen molar-refractivity contribution in [3.63, 3.8) is 0 Å². The van der Waals surface area contributed by atoms with E-state index in [9.17, 15) is 20.0 Å². The first-order chi connectivity index (χ1) is 20.0. The van der Waals surface area contributed by atoms with Gasteiger partial charge in [0.25, 0.3) is 0 Å². The molecule has 2 aliphatic rings. The van der Waals surface area contributed by atoms with Crippen LogP contribution in [0.1, 0.15) is 70.1 Å². The quantitative estimate of drug-likeness (QED) is 0.185. The van der Waals surface area contributed by atoms with Crippen LogP contribution in [0.2, 0.25) is 0 Å². The van der Waals surface area contributed by atoms with Gasteiger partial charge in [-0.3, -0.25) is 0 Å². The minimum absolute atomic E-state index is 0.0707. The first-order valence-electron chi connectivity index (χ1n) is 14.1. The number of carboxylic acid groups (broad SMARTS) is 1. The summed E-state index contributed by atoms with van der Waals surface area (Å²) in [5, 5.41) is 19.4. The molecular formula is C35H34N2O5. The molecule has 3 heterocycles. The van der Waals surface area contributed by atoms with Crippen LogP contribution < -0.4 is 10.5 Å². The molecule has 5 rings (SSSR count). The Morgan fingerprint density at radius 1 is 1.17 bits per heavy atom. The second kappa shape index (κ2) is 11.2. The van der Waals surface area contributed by atoms with Crippen molar-refractivity contribution in [2.75, 3.05) is 11.4 Å². The van der Waals surface area contributed by atoms with E-state index in [0.717, 1.165) is 36.1 Å². The van der Waals surface area contributed by atoms with Crippen molar-refractivity contribution in [1.29, 1.82) is 5.26 Å². The van der Waals surface area contributed by atoms with Gasteiger partial charge in [-0.25, -0.2) is 9.59 Å². The third-order valence-corrected chi connectivity index (χ3v) is 8.22. The largest absolute Gasteiger partial charge is 0.477 e. The molecule has 0 radical (unpaired) electrons. The number of benzene rings is 2. The maximum Gasteiger partial charge on any atom is 0.347 e. The summed E-state index contributed by atoms with van der Waals surface area (Å²) >= 11 is 0. The molecule has 7 heteroatoms. The van der Waals surface area contributed by atoms with Gasteiger partial charge in [0.05, 0.1) is 5.56 Å². The monoisotopic (exact) mass is 562 g/mol. The highest BCUT2D eigenvalue weighted by atomic mass is 16.5. The summed E-state index contributed by atoms with van der Waals surface area (Å²) in [6.45, 7) is 11.4. The van der Waals surface area contributed by atoms with Crippen LogP contribution in [-0.4, -0.2) is 17.6 Å². The lowest BCUT2D eigenvalue weighted by atomic mass is 9.77. The van der Waals surface area contributed by atoms with Crippen molar-refractivity contribution in [3.8, 4) is 6.07 Å². The number of nitriles is 1. The van der Waals surface area contributed by atoms with Gasteiger partial charge in [0.1, 0.15) is 28.7 Å². The SMILES string of the molecule is CCC(C)c1ccc(N2CCC(C)(C)c3cc4cc(/C=C/C5=CC(=C(\C#N)C(=O)O)/C=C(C)O5)c(=O)oc4cc32)cc1. The number of carbonyl (C=O) groups is 1. The second-order valence-electron chi connectivity index (χ2n) is 11.6. The minimum Gasteiger partial charge on any atom is -0.477 e. The average molecular weight is 563 g/mol. The van der Waals surface area contributed by atoms with E-state index >= 15 is 0 Å². The van der Waals surface area contributed by atoms with Gasteiger partial charge in [-0.05, 0) is 90.8 Å². The van der Waals surface area contributed by atoms with Gasteiger partial charge in [0.15, 0.2) is 0 Å². The second-order valence-corrected chi connectivity index (χ2v) is 11.6. The minimum atomic E-state index is -1.32. The molecule has 0 fully saturated rings. The molecule has 3 aromatic rings. The Morgan fingerprint density at radius 2 is 1.90 bits per heavy atom. The molecule has 0 amide bonds. The van der Waals surface area contributed by atoms with E-state index in [-0.39, 0.29) is 16.6 Å². The summed E-state index contributed by atoms with van der Waals surface area (Å²) in [5.41, 5.74) is 4.76. The van der Waals surface area contributed by atoms with E-state index in [4.69, 9.17) is 9.15 Å². The molecule has 2 aromatic carbocycles. The Labute approximate surface area is 245 Å². The molecule has 0 saturated carbocycles. The van der Waals surface area contributed by atoms with Crippen LogP contribution >= 0.6 is 0 Å². The van der Waals surface area contributed by atoms with Crippen LogP contribution in [0.15, 0.2) is 92.6 Å². The third-order valence-electron chi connectivity index (χ3n) is 8.22. The van der Waals surface area contributed by atoms with Gasteiger partial charge in [-0.1, -0.05) is 39.8 Å². The molecule has 42 heavy (non-hydrogen) atoms. The Kier molecular flexibility index (Phi) is 7.66. The van der Waals surface area contributed by atoms with Gasteiger partial charge in [-0.15, -0.1) is 0 Å². The van der Waals surface area contributed by atoms with Crippen LogP contribution in [0, 0.1) is 11.3 Å². The molecule has 2 aliphatic heterocycles. The van der Waals surface area contributed by atoms with Gasteiger partial charge in [0, 0.05) is 34.9 Å². The number of hydrogen-bond donors (Lipinski definition) is 1. The Hall–Kier alpha value is -4.83. The number of anilines is 2. The number of aliphatic carboxylic acids is 1. The average Bonchev–Trinajstić information content (AvgIpc) is 2.95. The zero-order valence-corrected chi connectivity index (χ0v) is 24.5. The van der Waals surface area contributed by atoms with E-state index in [1.165, 1.54) is 23.3 Å². The van der Waals surface area contributed by atoms with Gasteiger partial charge >= 0.3 is 11.6 Å². The molecule has 1 unspecified atom stereocenters. The Morgan fingerprint density at radius 3 is 2.57 bits per heavy atom. The van der Waals surface area contributed by atoms with Crippen LogP contribution in [0.3, 0.4) is 0 Å². The highest BCUT2D eigenvalue weighted by Gasteiger charge is 2.32. The smallest absolute Gasteiger partial charge is 0.347 e. The highest BCUT2D eigenvalue weighted by Crippen LogP contribution is 2.44. The van der Waals surface area contributed by atoms with Crippen LogP contribution in [-0.2, 0) is 14.9 Å². The molecule has 7 nitrogen and oxygen atoms in total. The number of fused-ring (bicyclic) bond motifs is 2. The van der Waals surface area contributed by atoms with Crippen molar-refractivity contribution in [2.45, 2.75) is 58.8 Å². The number of rotatable bonds is 6. The van der Waals surface area contributed by atoms with Gasteiger partial charge < -0.3 is 19.2 Å². The van der Waals surface area contributed by atoms with Crippen molar-refractivity contribution in [2.24, 2.45) is 0 Å². The fourth-order valence-corrected chi connectivity index (χ4v) is 5.48. The number of allylic oxidation sites excluding steroid dienone is 5. The molecule has 0 bridgehead atoms. The van der Waals surface area contributed by atoms with Crippen molar-refractivity contribution < 1.29 is 19.1 Å². The molecule has 0 aliphatic carbocycles. The van der Waals surface area contributed by atoms with E-state index in [1.807, 2.05) is 6.07 Å². The van der Waals surface area contributed by atoms with Crippen LogP contribution in [0.4, 0.5) is 11.4 Å². The normalized spacial score (nSPS) is 18.0. The topological polar surface area (TPSA) is 104 Å². The first kappa shape index (κ1) is 28.7. The fourth-order valence-electron chi connectivity index (χ4n) is 5.48. The van der Waals surface area contributed by atoms with Crippen LogP contribution in [0.5, 0.6) is 0 Å². The Balaban J connectivity index is 1.53. The zero-order valence-electron chi connectivity index (χ0n) is 24.5. The van der Waals surface area contributed by atoms with Crippen molar-refractivity contribution in [3.05, 3.63) is 110 Å². The molecule has 0 saturated heterocycles. The van der Waals surface area contributed by atoms with Gasteiger partial charge in [0.2, 0.25) is 0 Å². The Bertz CT molecular complexity index is 1800. The number of nitrogens with zero attached hydrogens (tertiary/aromatic N) is 2. The lowest BCUT2D eigenvalue weighted by molar-refractivity contribution is -0.132. The number of carboxylic acids is 1. The molecule has 214 valence electrons. The summed E-state index contributed by atoms with van der Waals surface area (Å²) < 4.78 is 11.5.